The molecule has 0 bridgehead atoms. The fraction of sp³-hybridized carbons (Fsp3) is 0.200. The minimum Gasteiger partial charge on any atom is -0.330 e. The summed E-state index contributed by atoms with van der Waals surface area (Å²) in [5.74, 6) is 0. The molecule has 2 heteroatoms. The second kappa shape index (κ2) is 7.73. The molecule has 0 radical (unpaired) electrons. The SMILES string of the molecule is C=C=C.NCCc1cccnc1. The van der Waals surface area contributed by atoms with Crippen LogP contribution in [0.25, 0.3) is 0 Å². The van der Waals surface area contributed by atoms with Gasteiger partial charge in [-0.25, -0.2) is 0 Å². The second-order valence-electron chi connectivity index (χ2n) is 2.15. The molecule has 12 heavy (non-hydrogen) atoms. The van der Waals surface area contributed by atoms with E-state index in [9.17, 15) is 0 Å². The van der Waals surface area contributed by atoms with Crippen LogP contribution in [0.5, 0.6) is 0 Å². The molecule has 1 rings (SSSR count). The minimum absolute atomic E-state index is 0.700. The van der Waals surface area contributed by atoms with E-state index in [4.69, 9.17) is 5.73 Å². The van der Waals surface area contributed by atoms with Gasteiger partial charge in [-0.05, 0) is 24.6 Å². The van der Waals surface area contributed by atoms with Crippen LogP contribution >= 0.6 is 0 Å². The second-order valence-corrected chi connectivity index (χ2v) is 2.15. The Morgan fingerprint density at radius 3 is 2.58 bits per heavy atom. The van der Waals surface area contributed by atoms with Gasteiger partial charge in [-0.15, -0.1) is 5.73 Å². The van der Waals surface area contributed by atoms with Crippen molar-refractivity contribution in [3.63, 3.8) is 0 Å². The van der Waals surface area contributed by atoms with Crippen LogP contribution in [0.1, 0.15) is 5.56 Å². The summed E-state index contributed by atoms with van der Waals surface area (Å²) in [6.07, 6.45) is 4.53. The third-order valence-electron chi connectivity index (χ3n) is 1.16. The van der Waals surface area contributed by atoms with Gasteiger partial charge in [0.15, 0.2) is 0 Å². The smallest absolute Gasteiger partial charge is 0.0300 e. The third-order valence-corrected chi connectivity index (χ3v) is 1.16. The van der Waals surface area contributed by atoms with Crippen LogP contribution in [0.2, 0.25) is 0 Å². The summed E-state index contributed by atoms with van der Waals surface area (Å²) in [7, 11) is 0. The van der Waals surface area contributed by atoms with E-state index in [0.717, 1.165) is 6.42 Å². The molecule has 0 unspecified atom stereocenters. The van der Waals surface area contributed by atoms with Crippen LogP contribution in [0.4, 0.5) is 0 Å². The van der Waals surface area contributed by atoms with E-state index in [1.165, 1.54) is 5.56 Å². The van der Waals surface area contributed by atoms with E-state index in [1.54, 1.807) is 6.20 Å². The van der Waals surface area contributed by atoms with Crippen molar-refractivity contribution in [2.24, 2.45) is 5.73 Å². The first-order valence-electron chi connectivity index (χ1n) is 3.73. The summed E-state index contributed by atoms with van der Waals surface area (Å²) in [5.41, 5.74) is 8.79. The Bertz CT molecular complexity index is 223. The van der Waals surface area contributed by atoms with Gasteiger partial charge in [0.25, 0.3) is 0 Å². The summed E-state index contributed by atoms with van der Waals surface area (Å²) >= 11 is 0. The average molecular weight is 162 g/mol. The predicted molar refractivity (Wildman–Crippen MR) is 51.8 cm³/mol. The summed E-state index contributed by atoms with van der Waals surface area (Å²) in [6, 6.07) is 3.95. The molecule has 2 N–H and O–H groups in total. The van der Waals surface area contributed by atoms with Crippen molar-refractivity contribution in [1.29, 1.82) is 0 Å². The summed E-state index contributed by atoms with van der Waals surface area (Å²) in [5, 5.41) is 0. The fourth-order valence-corrected chi connectivity index (χ4v) is 0.713. The number of rotatable bonds is 2. The Hall–Kier alpha value is -1.37. The number of hydrogen-bond acceptors (Lipinski definition) is 2. The van der Waals surface area contributed by atoms with E-state index < -0.39 is 0 Å². The molecule has 0 atom stereocenters. The van der Waals surface area contributed by atoms with E-state index in [0.29, 0.717) is 6.54 Å². The molecule has 0 saturated heterocycles. The van der Waals surface area contributed by atoms with E-state index >= 15 is 0 Å². The van der Waals surface area contributed by atoms with Gasteiger partial charge in [-0.3, -0.25) is 4.98 Å². The van der Waals surface area contributed by atoms with Crippen molar-refractivity contribution in [3.8, 4) is 0 Å². The quantitative estimate of drug-likeness (QED) is 0.670. The Morgan fingerprint density at radius 1 is 1.50 bits per heavy atom. The molecular formula is C10H14N2. The number of aromatic nitrogens is 1. The molecular weight excluding hydrogens is 148 g/mol. The standard InChI is InChI=1S/C7H10N2.C3H4/c8-4-3-7-2-1-5-9-6-7;1-3-2/h1-2,5-6H,3-4,8H2;1-2H2. The topological polar surface area (TPSA) is 38.9 Å². The molecule has 0 amide bonds. The molecule has 0 aromatic carbocycles. The molecule has 0 saturated carbocycles. The first-order chi connectivity index (χ1) is 5.85. The molecule has 1 aromatic rings. The monoisotopic (exact) mass is 162 g/mol. The maximum absolute atomic E-state index is 5.33. The van der Waals surface area contributed by atoms with Gasteiger partial charge < -0.3 is 5.73 Å². The summed E-state index contributed by atoms with van der Waals surface area (Å²) < 4.78 is 0. The molecule has 0 aliphatic carbocycles. The summed E-state index contributed by atoms with van der Waals surface area (Å²) in [6.45, 7) is 6.95. The van der Waals surface area contributed by atoms with Gasteiger partial charge in [0.05, 0.1) is 0 Å². The van der Waals surface area contributed by atoms with E-state index in [2.05, 4.69) is 23.9 Å². The minimum atomic E-state index is 0.700. The normalized spacial score (nSPS) is 7.75. The Morgan fingerprint density at radius 2 is 2.17 bits per heavy atom. The molecule has 0 aliphatic heterocycles. The molecule has 2 nitrogen and oxygen atoms in total. The highest BCUT2D eigenvalue weighted by Gasteiger charge is 1.85. The van der Waals surface area contributed by atoms with Gasteiger partial charge in [0.1, 0.15) is 0 Å². The average Bonchev–Trinajstić information content (AvgIpc) is 2.08. The van der Waals surface area contributed by atoms with Crippen molar-refractivity contribution >= 4 is 0 Å². The number of nitrogens with zero attached hydrogens (tertiary/aromatic N) is 1. The van der Waals surface area contributed by atoms with Crippen molar-refractivity contribution in [2.75, 3.05) is 6.54 Å². The van der Waals surface area contributed by atoms with Crippen molar-refractivity contribution in [2.45, 2.75) is 6.42 Å². The van der Waals surface area contributed by atoms with Gasteiger partial charge in [0.2, 0.25) is 0 Å². The Labute approximate surface area is 73.4 Å². The van der Waals surface area contributed by atoms with Crippen molar-refractivity contribution < 1.29 is 0 Å². The first kappa shape index (κ1) is 10.6. The van der Waals surface area contributed by atoms with Crippen LogP contribution in [0, 0.1) is 0 Å². The van der Waals surface area contributed by atoms with Gasteiger partial charge in [0, 0.05) is 12.4 Å². The maximum atomic E-state index is 5.33. The van der Waals surface area contributed by atoms with Gasteiger partial charge >= 0.3 is 0 Å². The van der Waals surface area contributed by atoms with Gasteiger partial charge in [-0.1, -0.05) is 19.2 Å². The fourth-order valence-electron chi connectivity index (χ4n) is 0.713. The van der Waals surface area contributed by atoms with Crippen molar-refractivity contribution in [1.82, 2.24) is 4.98 Å². The van der Waals surface area contributed by atoms with Gasteiger partial charge in [-0.2, -0.15) is 0 Å². The lowest BCUT2D eigenvalue weighted by atomic mass is 10.2. The Kier molecular flexibility index (Phi) is 6.85. The maximum Gasteiger partial charge on any atom is 0.0300 e. The van der Waals surface area contributed by atoms with Crippen LogP contribution in [0.15, 0.2) is 43.4 Å². The van der Waals surface area contributed by atoms with Crippen LogP contribution in [-0.2, 0) is 6.42 Å². The van der Waals surface area contributed by atoms with E-state index in [1.807, 2.05) is 18.3 Å². The Balaban J connectivity index is 0.000000354. The van der Waals surface area contributed by atoms with Crippen LogP contribution < -0.4 is 5.73 Å². The molecule has 0 aliphatic rings. The first-order valence-corrected chi connectivity index (χ1v) is 3.73. The zero-order valence-corrected chi connectivity index (χ0v) is 7.16. The number of pyridine rings is 1. The molecule has 64 valence electrons. The zero-order chi connectivity index (χ0) is 9.23. The van der Waals surface area contributed by atoms with Crippen molar-refractivity contribution in [3.05, 3.63) is 49.0 Å². The lowest BCUT2D eigenvalue weighted by Gasteiger charge is -1.93. The predicted octanol–water partition coefficient (Wildman–Crippen LogP) is 1.54. The lowest BCUT2D eigenvalue weighted by Crippen LogP contribution is -2.02. The number of nitrogens with two attached hydrogens (primary N) is 1. The third kappa shape index (κ3) is 5.42. The lowest BCUT2D eigenvalue weighted by molar-refractivity contribution is 0.959. The highest BCUT2D eigenvalue weighted by atomic mass is 14.6. The molecule has 1 aromatic heterocycles. The molecule has 1 heterocycles. The van der Waals surface area contributed by atoms with Crippen LogP contribution in [-0.4, -0.2) is 11.5 Å². The molecule has 0 fully saturated rings. The largest absolute Gasteiger partial charge is 0.330 e. The van der Waals surface area contributed by atoms with E-state index in [-0.39, 0.29) is 0 Å². The summed E-state index contributed by atoms with van der Waals surface area (Å²) in [4.78, 5) is 3.95. The highest BCUT2D eigenvalue weighted by molar-refractivity contribution is 5.08. The number of hydrogen-bond donors (Lipinski definition) is 1. The molecule has 0 spiro atoms. The zero-order valence-electron chi connectivity index (χ0n) is 7.16. The van der Waals surface area contributed by atoms with Crippen LogP contribution in [0.3, 0.4) is 0 Å². The highest BCUT2D eigenvalue weighted by Crippen LogP contribution is 1.93.